The van der Waals surface area contributed by atoms with E-state index >= 15 is 0 Å². The van der Waals surface area contributed by atoms with Gasteiger partial charge in [-0.3, -0.25) is 0 Å². The van der Waals surface area contributed by atoms with Crippen LogP contribution in [0.15, 0.2) is 137 Å². The molecule has 8 rings (SSSR count). The Kier molecular flexibility index (Phi) is 8.46. The van der Waals surface area contributed by atoms with Crippen LogP contribution < -0.4 is 9.80 Å². The number of rotatable bonds is 6. The molecule has 0 fully saturated rings. The van der Waals surface area contributed by atoms with Crippen molar-refractivity contribution in [2.24, 2.45) is 0 Å². The van der Waals surface area contributed by atoms with Gasteiger partial charge in [0, 0.05) is 50.7 Å². The molecular weight excluding hydrogens is 776 g/mol. The van der Waals surface area contributed by atoms with E-state index in [1.54, 1.807) is 11.8 Å². The van der Waals surface area contributed by atoms with Gasteiger partial charge in [-0.05, 0) is 52.3 Å². The molecule has 236 valence electrons. The maximum atomic E-state index is 4.83. The molecule has 0 N–H and O–H groups in total. The van der Waals surface area contributed by atoms with Crippen LogP contribution in [0.5, 0.6) is 0 Å². The predicted molar refractivity (Wildman–Crippen MR) is 191 cm³/mol. The third-order valence-corrected chi connectivity index (χ3v) is 9.45. The van der Waals surface area contributed by atoms with Gasteiger partial charge in [0.2, 0.25) is 0 Å². The number of hydrogen-bond acceptors (Lipinski definition) is 4. The van der Waals surface area contributed by atoms with E-state index in [0.29, 0.717) is 0 Å². The van der Waals surface area contributed by atoms with Crippen molar-refractivity contribution < 1.29 is 21.1 Å². The first-order valence-electron chi connectivity index (χ1n) is 15.6. The van der Waals surface area contributed by atoms with Crippen LogP contribution in [-0.2, 0) is 33.0 Å². The second-order valence-electron chi connectivity index (χ2n) is 12.7. The number of pyridine rings is 1. The minimum atomic E-state index is 0. The van der Waals surface area contributed by atoms with Crippen molar-refractivity contribution >= 4 is 50.6 Å². The Bertz CT molecular complexity index is 2200. The van der Waals surface area contributed by atoms with Crippen LogP contribution in [0.3, 0.4) is 0 Å². The fourth-order valence-electron chi connectivity index (χ4n) is 6.21. The number of fused-ring (bicyclic) bond motifs is 4. The van der Waals surface area contributed by atoms with E-state index in [4.69, 9.17) is 4.98 Å². The maximum Gasteiger partial charge on any atom is 0.135 e. The summed E-state index contributed by atoms with van der Waals surface area (Å²) in [4.78, 5) is 11.5. The van der Waals surface area contributed by atoms with Gasteiger partial charge in [0.25, 0.3) is 0 Å². The van der Waals surface area contributed by atoms with E-state index in [0.717, 1.165) is 44.6 Å². The summed E-state index contributed by atoms with van der Waals surface area (Å²) in [6.07, 6.45) is 1.92. The minimum Gasteiger partial charge on any atom is -0.498 e. The van der Waals surface area contributed by atoms with E-state index in [1.165, 1.54) is 27.6 Å². The number of hydrogen-bond donors (Lipinski definition) is 0. The van der Waals surface area contributed by atoms with Gasteiger partial charge < -0.3 is 14.4 Å². The first-order valence-corrected chi connectivity index (χ1v) is 16.4. The first kappa shape index (κ1) is 31.3. The maximum absolute atomic E-state index is 4.83. The molecule has 0 amide bonds. The molecule has 4 nitrogen and oxygen atoms in total. The number of nitrogens with zero attached hydrogens (tertiary/aromatic N) is 4. The summed E-state index contributed by atoms with van der Waals surface area (Å²) < 4.78 is 2.25. The molecule has 1 aliphatic rings. The van der Waals surface area contributed by atoms with Gasteiger partial charge in [-0.25, -0.2) is 4.98 Å². The van der Waals surface area contributed by atoms with Crippen LogP contribution in [-0.4, -0.2) is 9.55 Å². The molecule has 0 saturated carbocycles. The van der Waals surface area contributed by atoms with Crippen molar-refractivity contribution in [3.05, 3.63) is 157 Å². The van der Waals surface area contributed by atoms with E-state index < -0.39 is 0 Å². The molecule has 0 aliphatic carbocycles. The van der Waals surface area contributed by atoms with Gasteiger partial charge >= 0.3 is 0 Å². The van der Waals surface area contributed by atoms with E-state index in [9.17, 15) is 0 Å². The zero-order valence-corrected chi connectivity index (χ0v) is 29.5. The molecule has 47 heavy (non-hydrogen) atoms. The van der Waals surface area contributed by atoms with Crippen molar-refractivity contribution in [2.45, 2.75) is 42.5 Å². The number of aromatic nitrogens is 2. The molecule has 0 saturated heterocycles. The summed E-state index contributed by atoms with van der Waals surface area (Å²) >= 11 is 1.68. The second-order valence-corrected chi connectivity index (χ2v) is 13.8. The molecule has 0 atom stereocenters. The van der Waals surface area contributed by atoms with Crippen molar-refractivity contribution in [3.63, 3.8) is 0 Å². The normalized spacial score (nSPS) is 12.8. The van der Waals surface area contributed by atoms with Crippen molar-refractivity contribution in [2.75, 3.05) is 9.80 Å². The molecule has 0 bridgehead atoms. The van der Waals surface area contributed by atoms with Crippen molar-refractivity contribution in [3.8, 4) is 5.82 Å². The average molecular weight is 809 g/mol. The fourth-order valence-corrected chi connectivity index (χ4v) is 7.03. The standard InChI is InChI=1S/C41H33N4S.Pt/c1-41(2,3)30-22-23-42-40(24-30)45-36-17-8-7-16-34(36)35-21-20-33(26-39(35)45)46-32-15-11-14-31(25-32)44-28-43(27-29-12-5-4-6-13-29)37-18-9-10-19-38(37)44;/h4-24,28H,27H2,1-3H3;/q-3;. The molecule has 0 spiro atoms. The Balaban J connectivity index is 0.00000351. The molecule has 1 aliphatic heterocycles. The van der Waals surface area contributed by atoms with Crippen LogP contribution in [0, 0.1) is 18.8 Å². The molecular formula is C41H33N4PtS-3. The summed E-state index contributed by atoms with van der Waals surface area (Å²) in [5.41, 5.74) is 8.05. The Morgan fingerprint density at radius 3 is 2.30 bits per heavy atom. The summed E-state index contributed by atoms with van der Waals surface area (Å²) in [5.74, 6) is 0.911. The van der Waals surface area contributed by atoms with Crippen molar-refractivity contribution in [1.82, 2.24) is 9.55 Å². The second kappa shape index (κ2) is 12.7. The molecule has 3 heterocycles. The largest absolute Gasteiger partial charge is 0.498 e. The van der Waals surface area contributed by atoms with Crippen LogP contribution in [0.25, 0.3) is 27.6 Å². The Hall–Kier alpha value is -4.31. The zero-order chi connectivity index (χ0) is 31.3. The average Bonchev–Trinajstić information content (AvgIpc) is 3.60. The van der Waals surface area contributed by atoms with E-state index in [1.807, 2.05) is 6.20 Å². The Labute approximate surface area is 295 Å². The van der Waals surface area contributed by atoms with Crippen molar-refractivity contribution in [1.29, 1.82) is 0 Å². The van der Waals surface area contributed by atoms with Gasteiger partial charge in [-0.1, -0.05) is 87.0 Å². The predicted octanol–water partition coefficient (Wildman–Crippen LogP) is 10.5. The Morgan fingerprint density at radius 1 is 0.723 bits per heavy atom. The number of anilines is 3. The van der Waals surface area contributed by atoms with Crippen LogP contribution >= 0.6 is 11.8 Å². The smallest absolute Gasteiger partial charge is 0.135 e. The van der Waals surface area contributed by atoms with Gasteiger partial charge in [0.05, 0.1) is 0 Å². The summed E-state index contributed by atoms with van der Waals surface area (Å²) in [6.45, 7) is 9.71. The zero-order valence-electron chi connectivity index (χ0n) is 26.4. The molecule has 0 unspecified atom stereocenters. The molecule has 0 radical (unpaired) electrons. The third kappa shape index (κ3) is 5.99. The van der Waals surface area contributed by atoms with Crippen LogP contribution in [0.1, 0.15) is 31.9 Å². The topological polar surface area (TPSA) is 24.3 Å². The quantitative estimate of drug-likeness (QED) is 0.156. The number of para-hydroxylation sites is 3. The van der Waals surface area contributed by atoms with Crippen LogP contribution in [0.4, 0.5) is 17.1 Å². The van der Waals surface area contributed by atoms with Gasteiger partial charge in [-0.15, -0.1) is 50.8 Å². The van der Waals surface area contributed by atoms with Gasteiger partial charge in [-0.2, -0.15) is 30.9 Å². The summed E-state index contributed by atoms with van der Waals surface area (Å²) in [6, 6.07) is 50.2. The third-order valence-electron chi connectivity index (χ3n) is 8.53. The van der Waals surface area contributed by atoms with Gasteiger partial charge in [0.15, 0.2) is 0 Å². The molecule has 2 aromatic heterocycles. The fraction of sp³-hybridized carbons (Fsp3) is 0.122. The summed E-state index contributed by atoms with van der Waals surface area (Å²) in [7, 11) is 0. The first-order chi connectivity index (χ1) is 22.4. The Morgan fingerprint density at radius 2 is 1.47 bits per heavy atom. The van der Waals surface area contributed by atoms with Gasteiger partial charge in [0.1, 0.15) is 5.82 Å². The molecule has 5 aromatic carbocycles. The minimum absolute atomic E-state index is 0. The summed E-state index contributed by atoms with van der Waals surface area (Å²) in [5, 5.41) is 2.37. The molecule has 6 heteroatoms. The SMILES string of the molecule is CC(C)(C)c1ccnc(-n2c3[c-]c(Sc4[c-]c(N5[CH-]N(Cc6ccccc6)c6ccccc65)ccc4)ccc3c3ccccc32)c1.[Pt]. The van der Waals surface area contributed by atoms with Crippen LogP contribution in [0.2, 0.25) is 0 Å². The number of benzene rings is 5. The monoisotopic (exact) mass is 808 g/mol. The van der Waals surface area contributed by atoms with E-state index in [2.05, 4.69) is 175 Å². The van der Waals surface area contributed by atoms with E-state index in [-0.39, 0.29) is 26.5 Å². The molecule has 7 aromatic rings.